The Bertz CT molecular complexity index is 3940. The first-order valence-corrected chi connectivity index (χ1v) is 21.1. The number of furan rings is 3. The normalized spacial score (nSPS) is 11.8. The van der Waals surface area contributed by atoms with Crippen molar-refractivity contribution in [2.45, 2.75) is 0 Å². The molecular formula is C58H34N2O3. The average molecular weight is 807 g/mol. The molecular weight excluding hydrogens is 773 g/mol. The van der Waals surface area contributed by atoms with E-state index >= 15 is 0 Å². The molecule has 13 aromatic rings. The van der Waals surface area contributed by atoms with Gasteiger partial charge >= 0.3 is 0 Å². The van der Waals surface area contributed by atoms with Crippen LogP contribution >= 0.6 is 0 Å². The second kappa shape index (κ2) is 14.0. The maximum absolute atomic E-state index is 6.36. The van der Waals surface area contributed by atoms with E-state index in [0.29, 0.717) is 11.4 Å². The van der Waals surface area contributed by atoms with Gasteiger partial charge in [-0.25, -0.2) is 9.97 Å². The van der Waals surface area contributed by atoms with E-state index in [1.54, 1.807) is 12.4 Å². The molecule has 294 valence electrons. The lowest BCUT2D eigenvalue weighted by Crippen LogP contribution is -1.85. The molecule has 13 rings (SSSR count). The van der Waals surface area contributed by atoms with Gasteiger partial charge < -0.3 is 13.3 Å². The van der Waals surface area contributed by atoms with Gasteiger partial charge in [0.1, 0.15) is 22.3 Å². The Morgan fingerprint density at radius 3 is 0.810 bits per heavy atom. The maximum Gasteiger partial charge on any atom is 0.227 e. The summed E-state index contributed by atoms with van der Waals surface area (Å²) in [5.74, 6) is 0. The Kier molecular flexibility index (Phi) is 7.84. The van der Waals surface area contributed by atoms with Crippen LogP contribution in [0.1, 0.15) is 0 Å². The summed E-state index contributed by atoms with van der Waals surface area (Å²) < 4.78 is 18.3. The number of pyridine rings is 2. The van der Waals surface area contributed by atoms with Crippen molar-refractivity contribution in [2.24, 2.45) is 0 Å². The molecule has 5 nitrogen and oxygen atoms in total. The number of aromatic nitrogens is 2. The van der Waals surface area contributed by atoms with Gasteiger partial charge in [-0.15, -0.1) is 0 Å². The summed E-state index contributed by atoms with van der Waals surface area (Å²) in [5.41, 5.74) is 18.5. The van der Waals surface area contributed by atoms with Crippen LogP contribution in [0, 0.1) is 0 Å². The monoisotopic (exact) mass is 806 g/mol. The van der Waals surface area contributed by atoms with Gasteiger partial charge in [-0.2, -0.15) is 0 Å². The van der Waals surface area contributed by atoms with Crippen LogP contribution in [-0.2, 0) is 0 Å². The van der Waals surface area contributed by atoms with Gasteiger partial charge in [0.2, 0.25) is 11.4 Å². The van der Waals surface area contributed by atoms with Gasteiger partial charge in [0.15, 0.2) is 0 Å². The Hall–Kier alpha value is -8.54. The first kappa shape index (κ1) is 35.2. The van der Waals surface area contributed by atoms with Gasteiger partial charge in [0.05, 0.1) is 0 Å². The summed E-state index contributed by atoms with van der Waals surface area (Å²) >= 11 is 0. The van der Waals surface area contributed by atoms with Crippen LogP contribution in [0.5, 0.6) is 0 Å². The fourth-order valence-corrected chi connectivity index (χ4v) is 9.23. The number of hydrogen-bond acceptors (Lipinski definition) is 5. The van der Waals surface area contributed by atoms with Crippen molar-refractivity contribution < 1.29 is 13.3 Å². The van der Waals surface area contributed by atoms with E-state index in [1.165, 1.54) is 16.7 Å². The number of hydrogen-bond donors (Lipinski definition) is 0. The highest BCUT2D eigenvalue weighted by Crippen LogP contribution is 2.39. The molecule has 5 heterocycles. The third-order valence-electron chi connectivity index (χ3n) is 12.4. The third-order valence-corrected chi connectivity index (χ3v) is 12.4. The highest BCUT2D eigenvalue weighted by Gasteiger charge is 2.15. The highest BCUT2D eigenvalue weighted by molar-refractivity contribution is 6.09. The summed E-state index contributed by atoms with van der Waals surface area (Å²) in [6.07, 6.45) is 3.53. The van der Waals surface area contributed by atoms with E-state index in [0.717, 1.165) is 105 Å². The summed E-state index contributed by atoms with van der Waals surface area (Å²) in [5, 5.41) is 6.35. The number of fused-ring (bicyclic) bond motifs is 9. The largest absolute Gasteiger partial charge is 0.456 e. The van der Waals surface area contributed by atoms with Gasteiger partial charge in [-0.3, -0.25) is 0 Å². The minimum atomic E-state index is 0.655. The Morgan fingerprint density at radius 2 is 0.492 bits per heavy atom. The van der Waals surface area contributed by atoms with E-state index in [9.17, 15) is 0 Å². The lowest BCUT2D eigenvalue weighted by Gasteiger charge is -2.11. The zero-order valence-electron chi connectivity index (χ0n) is 33.7. The lowest BCUT2D eigenvalue weighted by atomic mass is 9.93. The van der Waals surface area contributed by atoms with Crippen molar-refractivity contribution in [3.05, 3.63) is 207 Å². The minimum Gasteiger partial charge on any atom is -0.456 e. The van der Waals surface area contributed by atoms with Crippen molar-refractivity contribution in [2.75, 3.05) is 0 Å². The Labute approximate surface area is 361 Å². The van der Waals surface area contributed by atoms with Crippen LogP contribution in [0.25, 0.3) is 133 Å². The summed E-state index contributed by atoms with van der Waals surface area (Å²) in [6.45, 7) is 0. The van der Waals surface area contributed by atoms with E-state index in [4.69, 9.17) is 13.3 Å². The van der Waals surface area contributed by atoms with E-state index < -0.39 is 0 Å². The number of nitrogens with zero attached hydrogens (tertiary/aromatic N) is 2. The standard InChI is InChI=1S/C58H34N2O3/c1-7-35(27-37(9-1)39-11-3-13-41(29-39)43-19-23-55-49(31-43)47-15-5-25-59-57(47)62-55)36-8-2-10-38(28-36)40-12-4-14-42(30-40)44-17-21-53-51(33-44)52-34-46(18-22-54(52)61-53)45-20-24-56-50(32-45)48-16-6-26-60-58(48)63-56/h1-34H. The molecule has 63 heavy (non-hydrogen) atoms. The molecule has 0 aliphatic rings. The molecule has 0 unspecified atom stereocenters. The molecule has 0 aliphatic carbocycles. The van der Waals surface area contributed by atoms with Crippen LogP contribution in [0.2, 0.25) is 0 Å². The lowest BCUT2D eigenvalue weighted by molar-refractivity contribution is 0.653. The van der Waals surface area contributed by atoms with E-state index in [1.807, 2.05) is 24.3 Å². The quantitative estimate of drug-likeness (QED) is 0.167. The smallest absolute Gasteiger partial charge is 0.227 e. The van der Waals surface area contributed by atoms with Crippen molar-refractivity contribution in [3.63, 3.8) is 0 Å². The van der Waals surface area contributed by atoms with Crippen molar-refractivity contribution in [1.29, 1.82) is 0 Å². The topological polar surface area (TPSA) is 65.2 Å². The summed E-state index contributed by atoms with van der Waals surface area (Å²) in [6, 6.07) is 68.9. The van der Waals surface area contributed by atoms with Crippen LogP contribution in [0.4, 0.5) is 0 Å². The number of rotatable bonds is 6. The number of benzene rings is 8. The van der Waals surface area contributed by atoms with Gasteiger partial charge in [-0.1, -0.05) is 97.1 Å². The second-order valence-electron chi connectivity index (χ2n) is 16.2. The molecule has 5 heteroatoms. The van der Waals surface area contributed by atoms with E-state index in [2.05, 4.69) is 180 Å². The first-order valence-electron chi connectivity index (χ1n) is 21.1. The third kappa shape index (κ3) is 6.01. The highest BCUT2D eigenvalue weighted by atomic mass is 16.3. The fourth-order valence-electron chi connectivity index (χ4n) is 9.23. The molecule has 8 aromatic carbocycles. The molecule has 0 fully saturated rings. The van der Waals surface area contributed by atoms with Gasteiger partial charge in [0.25, 0.3) is 0 Å². The molecule has 0 bridgehead atoms. The molecule has 5 aromatic heterocycles. The fraction of sp³-hybridized carbons (Fsp3) is 0. The van der Waals surface area contributed by atoms with Crippen molar-refractivity contribution in [1.82, 2.24) is 9.97 Å². The van der Waals surface area contributed by atoms with Gasteiger partial charge in [0, 0.05) is 44.7 Å². The predicted molar refractivity (Wildman–Crippen MR) is 256 cm³/mol. The average Bonchev–Trinajstić information content (AvgIpc) is 4.04. The zero-order valence-corrected chi connectivity index (χ0v) is 33.7. The molecule has 0 N–H and O–H groups in total. The van der Waals surface area contributed by atoms with Crippen LogP contribution in [0.3, 0.4) is 0 Å². The SMILES string of the molecule is c1cc(-c2cccc(-c3cccc(-c4ccc5oc6ncccc6c5c4)c3)c2)cc(-c2cccc(-c3ccc4oc5ccc(-c6ccc7oc8ncccc8c7c6)cc5c4c3)c2)c1. The predicted octanol–water partition coefficient (Wildman–Crippen LogP) is 16.2. The summed E-state index contributed by atoms with van der Waals surface area (Å²) in [4.78, 5) is 8.82. The van der Waals surface area contributed by atoms with Crippen LogP contribution in [0.15, 0.2) is 220 Å². The zero-order chi connectivity index (χ0) is 41.4. The van der Waals surface area contributed by atoms with E-state index in [-0.39, 0.29) is 0 Å². The Balaban J connectivity index is 0.805. The minimum absolute atomic E-state index is 0.655. The molecule has 0 amide bonds. The molecule has 0 radical (unpaired) electrons. The molecule has 0 aliphatic heterocycles. The molecule has 0 saturated heterocycles. The van der Waals surface area contributed by atoms with Crippen LogP contribution in [-0.4, -0.2) is 9.97 Å². The first-order chi connectivity index (χ1) is 31.1. The van der Waals surface area contributed by atoms with Crippen molar-refractivity contribution in [3.8, 4) is 66.8 Å². The molecule has 0 atom stereocenters. The molecule has 0 spiro atoms. The Morgan fingerprint density at radius 1 is 0.222 bits per heavy atom. The van der Waals surface area contributed by atoms with Gasteiger partial charge in [-0.05, 0) is 164 Å². The van der Waals surface area contributed by atoms with Crippen molar-refractivity contribution >= 4 is 66.1 Å². The maximum atomic E-state index is 6.36. The molecule has 0 saturated carbocycles. The summed E-state index contributed by atoms with van der Waals surface area (Å²) in [7, 11) is 0. The second-order valence-corrected chi connectivity index (χ2v) is 16.2. The van der Waals surface area contributed by atoms with Crippen LogP contribution < -0.4 is 0 Å².